The molecule has 0 bridgehead atoms. The molecule has 6 nitrogen and oxygen atoms in total. The Bertz CT molecular complexity index is 1100. The van der Waals surface area contributed by atoms with E-state index in [9.17, 15) is 13.5 Å². The minimum absolute atomic E-state index is 0.149. The van der Waals surface area contributed by atoms with E-state index in [4.69, 9.17) is 9.15 Å². The Labute approximate surface area is 190 Å². The standard InChI is InChI=1S/C25H33NO5S/c1-4-7-11-24-25(22-10-8-9-12-23(22)31-24)32(28,29)21-15-13-20(14-16-21)30-18-19(27)17-26(5-2)6-3/h8-10,12-16,19,27H,4-7,11,17-18H2,1-3H3. The fraction of sp³-hybridized carbons (Fsp3) is 0.440. The van der Waals surface area contributed by atoms with Gasteiger partial charge in [0.1, 0.15) is 34.7 Å². The van der Waals surface area contributed by atoms with Crippen LogP contribution in [0.1, 0.15) is 39.4 Å². The molecule has 1 unspecified atom stereocenters. The van der Waals surface area contributed by atoms with Gasteiger partial charge in [-0.2, -0.15) is 0 Å². The number of hydrogen-bond acceptors (Lipinski definition) is 6. The van der Waals surface area contributed by atoms with Crippen LogP contribution < -0.4 is 4.74 Å². The molecular weight excluding hydrogens is 426 g/mol. The van der Waals surface area contributed by atoms with Crippen LogP contribution in [0.15, 0.2) is 62.7 Å². The Morgan fingerprint density at radius 3 is 2.38 bits per heavy atom. The maximum absolute atomic E-state index is 13.5. The molecule has 0 aliphatic carbocycles. The summed E-state index contributed by atoms with van der Waals surface area (Å²) in [6.45, 7) is 8.57. The molecule has 1 aromatic heterocycles. The van der Waals surface area contributed by atoms with E-state index in [2.05, 4.69) is 11.8 Å². The molecular formula is C25H33NO5S. The van der Waals surface area contributed by atoms with Crippen LogP contribution in [-0.2, 0) is 16.3 Å². The molecule has 0 saturated carbocycles. The predicted octanol–water partition coefficient (Wildman–Crippen LogP) is 4.69. The van der Waals surface area contributed by atoms with Gasteiger partial charge in [0.25, 0.3) is 0 Å². The highest BCUT2D eigenvalue weighted by Gasteiger charge is 2.27. The van der Waals surface area contributed by atoms with Gasteiger partial charge in [-0.15, -0.1) is 0 Å². The molecule has 0 aliphatic rings. The van der Waals surface area contributed by atoms with Crippen molar-refractivity contribution in [2.45, 2.75) is 55.9 Å². The van der Waals surface area contributed by atoms with Gasteiger partial charge in [-0.25, -0.2) is 8.42 Å². The molecule has 0 saturated heterocycles. The molecule has 32 heavy (non-hydrogen) atoms. The van der Waals surface area contributed by atoms with Crippen molar-refractivity contribution >= 4 is 20.8 Å². The van der Waals surface area contributed by atoms with Gasteiger partial charge in [-0.3, -0.25) is 0 Å². The number of para-hydroxylation sites is 1. The van der Waals surface area contributed by atoms with Crippen LogP contribution in [0, 0.1) is 0 Å². The highest BCUT2D eigenvalue weighted by molar-refractivity contribution is 7.91. The first-order chi connectivity index (χ1) is 15.4. The number of hydrogen-bond donors (Lipinski definition) is 1. The number of likely N-dealkylation sites (N-methyl/N-ethyl adjacent to an activating group) is 1. The summed E-state index contributed by atoms with van der Waals surface area (Å²) in [6.07, 6.45) is 1.76. The lowest BCUT2D eigenvalue weighted by Gasteiger charge is -2.21. The Kier molecular flexibility index (Phi) is 8.34. The molecule has 174 valence electrons. The summed E-state index contributed by atoms with van der Waals surface area (Å²) in [7, 11) is -3.76. The number of rotatable bonds is 12. The van der Waals surface area contributed by atoms with Crippen molar-refractivity contribution in [1.82, 2.24) is 4.90 Å². The van der Waals surface area contributed by atoms with E-state index in [0.717, 1.165) is 25.9 Å². The Hall–Kier alpha value is -2.35. The molecule has 3 rings (SSSR count). The highest BCUT2D eigenvalue weighted by Crippen LogP contribution is 2.35. The van der Waals surface area contributed by atoms with Crippen molar-refractivity contribution in [2.75, 3.05) is 26.2 Å². The first kappa shape index (κ1) is 24.3. The molecule has 7 heteroatoms. The second kappa shape index (κ2) is 11.0. The highest BCUT2D eigenvalue weighted by atomic mass is 32.2. The maximum atomic E-state index is 13.5. The minimum Gasteiger partial charge on any atom is -0.491 e. The summed E-state index contributed by atoms with van der Waals surface area (Å²) in [6, 6.07) is 13.6. The number of sulfone groups is 1. The van der Waals surface area contributed by atoms with Crippen LogP contribution in [0.3, 0.4) is 0 Å². The number of unbranched alkanes of at least 4 members (excludes halogenated alkanes) is 1. The number of nitrogens with zero attached hydrogens (tertiary/aromatic N) is 1. The van der Waals surface area contributed by atoms with E-state index in [0.29, 0.717) is 35.4 Å². The second-order valence-corrected chi connectivity index (χ2v) is 9.77. The Morgan fingerprint density at radius 2 is 1.72 bits per heavy atom. The first-order valence-electron chi connectivity index (χ1n) is 11.3. The number of fused-ring (bicyclic) bond motifs is 1. The van der Waals surface area contributed by atoms with Gasteiger partial charge in [0.15, 0.2) is 0 Å². The van der Waals surface area contributed by atoms with E-state index < -0.39 is 15.9 Å². The topological polar surface area (TPSA) is 80.0 Å². The number of aryl methyl sites for hydroxylation is 1. The van der Waals surface area contributed by atoms with Crippen molar-refractivity contribution < 1.29 is 22.7 Å². The summed E-state index contributed by atoms with van der Waals surface area (Å²) in [5, 5.41) is 10.8. The molecule has 0 amide bonds. The quantitative estimate of drug-likeness (QED) is 0.423. The largest absolute Gasteiger partial charge is 0.491 e. The van der Waals surface area contributed by atoms with E-state index in [1.807, 2.05) is 26.0 Å². The normalized spacial score (nSPS) is 13.0. The van der Waals surface area contributed by atoms with E-state index in [-0.39, 0.29) is 16.4 Å². The van der Waals surface area contributed by atoms with Crippen molar-refractivity contribution in [3.05, 3.63) is 54.3 Å². The molecule has 2 aromatic carbocycles. The summed E-state index contributed by atoms with van der Waals surface area (Å²) in [5.41, 5.74) is 0.583. The maximum Gasteiger partial charge on any atom is 0.210 e. The van der Waals surface area contributed by atoms with Gasteiger partial charge in [0, 0.05) is 18.4 Å². The van der Waals surface area contributed by atoms with Gasteiger partial charge in [0.2, 0.25) is 9.84 Å². The minimum atomic E-state index is -3.76. The van der Waals surface area contributed by atoms with Gasteiger partial charge in [-0.05, 0) is 55.9 Å². The van der Waals surface area contributed by atoms with Gasteiger partial charge < -0.3 is 19.2 Å². The number of aliphatic hydroxyl groups is 1. The Morgan fingerprint density at radius 1 is 1.03 bits per heavy atom. The number of furan rings is 1. The smallest absolute Gasteiger partial charge is 0.210 e. The molecule has 0 spiro atoms. The zero-order valence-electron chi connectivity index (χ0n) is 19.1. The van der Waals surface area contributed by atoms with Gasteiger partial charge >= 0.3 is 0 Å². The lowest BCUT2D eigenvalue weighted by Crippen LogP contribution is -2.35. The average Bonchev–Trinajstić information content (AvgIpc) is 3.19. The summed E-state index contributed by atoms with van der Waals surface area (Å²) >= 11 is 0. The average molecular weight is 460 g/mol. The zero-order valence-corrected chi connectivity index (χ0v) is 19.9. The van der Waals surface area contributed by atoms with Crippen molar-refractivity contribution in [2.24, 2.45) is 0 Å². The van der Waals surface area contributed by atoms with Crippen LogP contribution >= 0.6 is 0 Å². The Balaban J connectivity index is 1.80. The summed E-state index contributed by atoms with van der Waals surface area (Å²) in [4.78, 5) is 2.57. The number of benzene rings is 2. The predicted molar refractivity (Wildman–Crippen MR) is 126 cm³/mol. The number of ether oxygens (including phenoxy) is 1. The van der Waals surface area contributed by atoms with Gasteiger partial charge in [0.05, 0.1) is 4.90 Å². The molecule has 1 heterocycles. The summed E-state index contributed by atoms with van der Waals surface area (Å²) in [5.74, 6) is 1.03. The lowest BCUT2D eigenvalue weighted by atomic mass is 10.2. The van der Waals surface area contributed by atoms with Gasteiger partial charge in [-0.1, -0.05) is 39.3 Å². The van der Waals surface area contributed by atoms with Crippen molar-refractivity contribution in [1.29, 1.82) is 0 Å². The van der Waals surface area contributed by atoms with Crippen LogP contribution in [0.25, 0.3) is 11.0 Å². The van der Waals surface area contributed by atoms with E-state index in [1.165, 1.54) is 0 Å². The van der Waals surface area contributed by atoms with Crippen LogP contribution in [-0.4, -0.2) is 50.8 Å². The van der Waals surface area contributed by atoms with Crippen molar-refractivity contribution in [3.63, 3.8) is 0 Å². The molecule has 0 fully saturated rings. The molecule has 1 N–H and O–H groups in total. The third kappa shape index (κ3) is 5.52. The third-order valence-corrected chi connectivity index (χ3v) is 7.46. The third-order valence-electron chi connectivity index (χ3n) is 5.58. The first-order valence-corrected chi connectivity index (χ1v) is 12.8. The van der Waals surface area contributed by atoms with E-state index >= 15 is 0 Å². The molecule has 0 aliphatic heterocycles. The van der Waals surface area contributed by atoms with E-state index in [1.54, 1.807) is 36.4 Å². The SMILES string of the molecule is CCCCc1oc2ccccc2c1S(=O)(=O)c1ccc(OCC(O)CN(CC)CC)cc1. The fourth-order valence-electron chi connectivity index (χ4n) is 3.73. The molecule has 0 radical (unpaired) electrons. The summed E-state index contributed by atoms with van der Waals surface area (Å²) < 4.78 is 38.6. The lowest BCUT2D eigenvalue weighted by molar-refractivity contribution is 0.0716. The van der Waals surface area contributed by atoms with Crippen molar-refractivity contribution in [3.8, 4) is 5.75 Å². The fourth-order valence-corrected chi connectivity index (χ4v) is 5.36. The van der Waals surface area contributed by atoms with Crippen LogP contribution in [0.5, 0.6) is 5.75 Å². The number of aliphatic hydroxyl groups excluding tert-OH is 1. The second-order valence-electron chi connectivity index (χ2n) is 7.88. The molecule has 3 aromatic rings. The monoisotopic (exact) mass is 459 g/mol. The van der Waals surface area contributed by atoms with Crippen LogP contribution in [0.4, 0.5) is 0 Å². The molecule has 1 atom stereocenters. The zero-order chi connectivity index (χ0) is 23.1. The van der Waals surface area contributed by atoms with Crippen LogP contribution in [0.2, 0.25) is 0 Å².